The second-order valence-corrected chi connectivity index (χ2v) is 20.6. The molecule has 74 heavy (non-hydrogen) atoms. The smallest absolute Gasteiger partial charge is 0.266 e. The lowest BCUT2D eigenvalue weighted by Gasteiger charge is -2.34. The Bertz CT molecular complexity index is 2270. The number of phenols is 1. The van der Waals surface area contributed by atoms with Crippen molar-refractivity contribution >= 4 is 46.6 Å². The number of phenolic OH excluding ortho intramolecular Hbond substituents is 1. The maximum absolute atomic E-state index is 14.8. The first kappa shape index (κ1) is 58.0. The number of carbonyl (C=O) groups is 6. The fourth-order valence-electron chi connectivity index (χ4n) is 9.39. The van der Waals surface area contributed by atoms with Crippen LogP contribution in [0, 0.1) is 17.8 Å². The second-order valence-electron chi connectivity index (χ2n) is 19.5. The van der Waals surface area contributed by atoms with Gasteiger partial charge < -0.3 is 85.8 Å². The van der Waals surface area contributed by atoms with Crippen LogP contribution < -0.4 is 30.8 Å². The average Bonchev–Trinajstić information content (AvgIpc) is 3.89. The maximum atomic E-state index is 14.8. The van der Waals surface area contributed by atoms with Crippen LogP contribution in [0.1, 0.15) is 57.5 Å². The monoisotopic (exact) mass is 1070 g/mol. The molecule has 0 radical (unpaired) electrons. The summed E-state index contributed by atoms with van der Waals surface area (Å²) >= 11 is -4.68. The van der Waals surface area contributed by atoms with Gasteiger partial charge >= 0.3 is 0 Å². The Hall–Kier alpha value is -5.27. The van der Waals surface area contributed by atoms with E-state index in [9.17, 15) is 78.2 Å². The van der Waals surface area contributed by atoms with Gasteiger partial charge in [0.2, 0.25) is 35.4 Å². The number of nitrogens with zero attached hydrogens (tertiary/aromatic N) is 2. The summed E-state index contributed by atoms with van der Waals surface area (Å²) in [6.45, 7) is 3.91. The lowest BCUT2D eigenvalue weighted by atomic mass is 9.98. The molecule has 13 atom stereocenters. The highest BCUT2D eigenvalue weighted by Crippen LogP contribution is 2.41. The molecule has 4 heterocycles. The van der Waals surface area contributed by atoms with Crippen LogP contribution in [0.2, 0.25) is 0 Å². The van der Waals surface area contributed by atoms with E-state index in [1.54, 1.807) is 6.92 Å². The third-order valence-electron chi connectivity index (χ3n) is 13.4. The van der Waals surface area contributed by atoms with Gasteiger partial charge in [-0.2, -0.15) is 0 Å². The van der Waals surface area contributed by atoms with Gasteiger partial charge in [0, 0.05) is 62.3 Å². The van der Waals surface area contributed by atoms with E-state index in [1.165, 1.54) is 19.9 Å². The van der Waals surface area contributed by atoms with Crippen LogP contribution in [0.4, 0.5) is 0 Å². The van der Waals surface area contributed by atoms with E-state index in [1.807, 2.05) is 30.3 Å². The van der Waals surface area contributed by atoms with Gasteiger partial charge in [-0.05, 0) is 44.0 Å². The molecule has 412 valence electrons. The summed E-state index contributed by atoms with van der Waals surface area (Å²) in [6, 6.07) is 3.46. The Morgan fingerprint density at radius 3 is 2.08 bits per heavy atom. The van der Waals surface area contributed by atoms with Crippen molar-refractivity contribution in [3.63, 3.8) is 0 Å². The van der Waals surface area contributed by atoms with Crippen molar-refractivity contribution in [1.82, 2.24) is 36.4 Å². The molecule has 6 amide bonds. The highest BCUT2D eigenvalue weighted by atomic mass is 32.3. The van der Waals surface area contributed by atoms with E-state index < -0.39 is 169 Å². The molecule has 15 N–H and O–H groups in total. The zero-order chi connectivity index (χ0) is 54.2. The van der Waals surface area contributed by atoms with Crippen molar-refractivity contribution in [2.75, 3.05) is 45.9 Å². The molecule has 0 saturated carbocycles. The van der Waals surface area contributed by atoms with Crippen LogP contribution in [-0.4, -0.2) is 207 Å². The number of fused-ring (bicyclic) bond motifs is 2. The summed E-state index contributed by atoms with van der Waals surface area (Å²) in [6.07, 6.45) is -11.8. The van der Waals surface area contributed by atoms with Gasteiger partial charge in [0.15, 0.2) is 17.8 Å². The summed E-state index contributed by atoms with van der Waals surface area (Å²) in [5.74, 6) is -9.60. The number of rotatable bonds is 13. The van der Waals surface area contributed by atoms with Crippen molar-refractivity contribution in [2.24, 2.45) is 17.8 Å². The van der Waals surface area contributed by atoms with Crippen LogP contribution in [0.15, 0.2) is 48.5 Å². The van der Waals surface area contributed by atoms with Crippen LogP contribution in [-0.2, 0) is 44.7 Å². The number of benzene rings is 2. The van der Waals surface area contributed by atoms with Crippen molar-refractivity contribution < 1.29 is 91.8 Å². The SMILES string of the molecule is C[C@H]1C[C@@H](O)CNC(=O)[C@@H]2[C@@H](O)[C@@H](C)CN2C(=O)[C@H]([C@H](O)CCNCC2COC(c3ccccc3)OC2)NC(=O)[C@H]([C@H](O)Cc2ccc(O)c(OS(O)(O)O)c2)NC(=O)[C@@H]2C[C@@H](O)CN2C(=O)[C@H]([C@@H](C)O)NC1=O. The summed E-state index contributed by atoms with van der Waals surface area (Å²) in [7, 11) is 0. The molecule has 0 aromatic heterocycles. The van der Waals surface area contributed by atoms with E-state index >= 15 is 0 Å². The summed E-state index contributed by atoms with van der Waals surface area (Å²) in [5, 5.41) is 90.7. The van der Waals surface area contributed by atoms with Crippen LogP contribution in [0.5, 0.6) is 11.5 Å². The number of hydrogen-bond acceptors (Lipinski definition) is 20. The molecular weight excluding hydrogens is 999 g/mol. The molecule has 4 saturated heterocycles. The van der Waals surface area contributed by atoms with Crippen molar-refractivity contribution in [3.8, 4) is 11.5 Å². The minimum absolute atomic E-state index is 0.00158. The van der Waals surface area contributed by atoms with E-state index in [-0.39, 0.29) is 37.4 Å². The van der Waals surface area contributed by atoms with E-state index in [2.05, 4.69) is 30.8 Å². The molecule has 26 nitrogen and oxygen atoms in total. The first-order valence-corrected chi connectivity index (χ1v) is 25.7. The van der Waals surface area contributed by atoms with Crippen LogP contribution in [0.25, 0.3) is 0 Å². The van der Waals surface area contributed by atoms with E-state index in [0.717, 1.165) is 27.5 Å². The number of amides is 6. The predicted molar refractivity (Wildman–Crippen MR) is 259 cm³/mol. The molecule has 4 fully saturated rings. The van der Waals surface area contributed by atoms with Crippen molar-refractivity contribution in [1.29, 1.82) is 0 Å². The Morgan fingerprint density at radius 2 is 1.42 bits per heavy atom. The lowest BCUT2D eigenvalue weighted by Crippen LogP contribution is -2.64. The van der Waals surface area contributed by atoms with Gasteiger partial charge in [-0.25, -0.2) is 0 Å². The molecule has 2 aromatic rings. The summed E-state index contributed by atoms with van der Waals surface area (Å²) in [5.41, 5.74) is 0.842. The molecule has 0 spiro atoms. The average molecular weight is 1070 g/mol. The maximum Gasteiger partial charge on any atom is 0.266 e. The second kappa shape index (κ2) is 25.5. The Balaban J connectivity index is 1.32. The number of ether oxygens (including phenoxy) is 2. The Kier molecular flexibility index (Phi) is 20.0. The predicted octanol–water partition coefficient (Wildman–Crippen LogP) is -2.96. The van der Waals surface area contributed by atoms with E-state index in [4.69, 9.17) is 9.47 Å². The number of nitrogens with one attached hydrogen (secondary N) is 5. The van der Waals surface area contributed by atoms with Crippen molar-refractivity contribution in [2.45, 2.75) is 120 Å². The van der Waals surface area contributed by atoms with Crippen LogP contribution >= 0.6 is 11.2 Å². The zero-order valence-electron chi connectivity index (χ0n) is 41.0. The Labute approximate surface area is 428 Å². The molecular formula is C47H69N7O19S. The van der Waals surface area contributed by atoms with Gasteiger partial charge in [-0.3, -0.25) is 42.4 Å². The molecule has 4 aliphatic rings. The topological polar surface area (TPSA) is 399 Å². The molecule has 2 aromatic carbocycles. The molecule has 0 unspecified atom stereocenters. The molecule has 0 bridgehead atoms. The number of aromatic hydroxyl groups is 1. The highest BCUT2D eigenvalue weighted by molar-refractivity contribution is 8.15. The fraction of sp³-hybridized carbons (Fsp3) is 0.617. The van der Waals surface area contributed by atoms with E-state index in [0.29, 0.717) is 19.8 Å². The van der Waals surface area contributed by atoms with Gasteiger partial charge in [-0.15, -0.1) is 0 Å². The third-order valence-corrected chi connectivity index (χ3v) is 13.9. The van der Waals surface area contributed by atoms with Gasteiger partial charge in [0.25, 0.3) is 11.2 Å². The van der Waals surface area contributed by atoms with Gasteiger partial charge in [0.05, 0.1) is 49.8 Å². The van der Waals surface area contributed by atoms with Gasteiger partial charge in [0.1, 0.15) is 30.2 Å². The van der Waals surface area contributed by atoms with Gasteiger partial charge in [-0.1, -0.05) is 50.2 Å². The molecule has 0 aliphatic carbocycles. The minimum atomic E-state index is -4.68. The lowest BCUT2D eigenvalue weighted by molar-refractivity contribution is -0.204. The first-order chi connectivity index (χ1) is 34.9. The Morgan fingerprint density at radius 1 is 0.770 bits per heavy atom. The number of aliphatic hydroxyl groups is 6. The zero-order valence-corrected chi connectivity index (χ0v) is 41.8. The standard InChI is InChI=1S/C47H69N7O19S/c1-23-13-29(56)18-49-44(65)39-40(61)24(2)19-54(39)46(67)38(33(59)11-12-48-17-27-21-71-47(72-22-27)28-7-5-4-6-8-28)52-43(64)37(34(60)14-26-9-10-32(58)35(15-26)73-74(68,69)70)51-42(63)31-16-30(57)20-53(31)45(66)36(25(3)55)50-41(23)62/h4-10,15,23-25,27,29-31,33-34,36-40,47-48,55-61,68-70H,11-14,16-22H2,1-3H3,(H,49,65)(H,50,62)(H,51,63)(H,52,64)/t23-,24-,25+,27?,29+,30+,31-,33+,34+,36-,37-,38-,39-,40-,47?/m0/s1. The normalized spacial score (nSPS) is 31.7. The molecule has 6 rings (SSSR count). The quantitative estimate of drug-likeness (QED) is 0.0891. The third kappa shape index (κ3) is 15.0. The summed E-state index contributed by atoms with van der Waals surface area (Å²) < 4.78 is 45.0. The molecule has 4 aliphatic heterocycles. The van der Waals surface area contributed by atoms with Crippen LogP contribution in [0.3, 0.4) is 0 Å². The largest absolute Gasteiger partial charge is 0.504 e. The number of hydrogen-bond donors (Lipinski definition) is 15. The minimum Gasteiger partial charge on any atom is -0.504 e. The fourth-order valence-corrected chi connectivity index (χ4v) is 9.76. The number of β-amino-alcohol motifs (C(OH)–C–C–N with tert-alkyl or cyclic N) is 1. The first-order valence-electron chi connectivity index (χ1n) is 24.3. The number of aliphatic hydroxyl groups excluding tert-OH is 6. The highest BCUT2D eigenvalue weighted by Gasteiger charge is 2.49. The van der Waals surface area contributed by atoms with Crippen molar-refractivity contribution in [3.05, 3.63) is 59.7 Å². The summed E-state index contributed by atoms with van der Waals surface area (Å²) in [4.78, 5) is 87.2. The number of carbonyl (C=O) groups excluding carboxylic acids is 6. The molecule has 27 heteroatoms.